The molecule has 0 saturated carbocycles. The molecule has 246 valence electrons. The number of fused-ring (bicyclic) bond motifs is 6. The molecule has 4 heterocycles. The van der Waals surface area contributed by atoms with Crippen LogP contribution in [0.25, 0.3) is 0 Å². The largest absolute Gasteiger partial charge is 0.341 e. The minimum absolute atomic E-state index is 0.519. The normalized spacial score (nSPS) is 13.9. The molecule has 0 aliphatic carbocycles. The van der Waals surface area contributed by atoms with Crippen molar-refractivity contribution in [2.75, 3.05) is 50.5 Å². The first-order valence-electron chi connectivity index (χ1n) is 17.0. The number of para-hydroxylation sites is 12. The van der Waals surface area contributed by atoms with E-state index in [-0.39, 0.29) is 0 Å². The van der Waals surface area contributed by atoms with E-state index in [1.807, 2.05) is 0 Å². The van der Waals surface area contributed by atoms with Crippen molar-refractivity contribution in [2.24, 2.45) is 0 Å². The maximum atomic E-state index is 5.40. The molecule has 51 heavy (non-hydrogen) atoms. The fourth-order valence-corrected chi connectivity index (χ4v) is 7.69. The lowest BCUT2D eigenvalue weighted by atomic mass is 10.1. The van der Waals surface area contributed by atoms with Gasteiger partial charge in [0.15, 0.2) is 0 Å². The van der Waals surface area contributed by atoms with Crippen molar-refractivity contribution in [1.29, 1.82) is 0 Å². The number of hydrogen-bond donors (Lipinski definition) is 0. The quantitative estimate of drug-likeness (QED) is 0.184. The third-order valence-corrected chi connectivity index (χ3v) is 10.1. The fourth-order valence-electron chi connectivity index (χ4n) is 7.69. The van der Waals surface area contributed by atoms with Crippen LogP contribution in [0.2, 0.25) is 0 Å². The molecule has 0 N–H and O–H groups in total. The Kier molecular flexibility index (Phi) is 6.32. The van der Waals surface area contributed by atoms with Crippen molar-refractivity contribution >= 4 is 86.1 Å². The summed E-state index contributed by atoms with van der Waals surface area (Å²) >= 11 is 0. The molecule has 3 aliphatic heterocycles. The molecule has 9 nitrogen and oxygen atoms in total. The monoisotopic (exact) mass is 663 g/mol. The van der Waals surface area contributed by atoms with Crippen molar-refractivity contribution in [3.63, 3.8) is 0 Å². The van der Waals surface area contributed by atoms with Gasteiger partial charge >= 0.3 is 0 Å². The van der Waals surface area contributed by atoms with Crippen LogP contribution in [0.3, 0.4) is 0 Å². The van der Waals surface area contributed by atoms with Crippen molar-refractivity contribution < 1.29 is 0 Å². The van der Waals surface area contributed by atoms with Gasteiger partial charge in [-0.15, -0.1) is 0 Å². The average Bonchev–Trinajstić information content (AvgIpc) is 3.18. The van der Waals surface area contributed by atoms with Crippen LogP contribution < -0.4 is 29.4 Å². The summed E-state index contributed by atoms with van der Waals surface area (Å²) in [6.07, 6.45) is 0. The Labute approximate surface area is 296 Å². The molecule has 0 saturated heterocycles. The Hall–Kier alpha value is -6.87. The highest BCUT2D eigenvalue weighted by Crippen LogP contribution is 2.54. The fraction of sp³-hybridized carbons (Fsp3) is 0.0714. The van der Waals surface area contributed by atoms with Gasteiger partial charge in [-0.3, -0.25) is 14.7 Å². The molecule has 0 amide bonds. The van der Waals surface area contributed by atoms with Crippen LogP contribution in [0, 0.1) is 0 Å². The predicted molar refractivity (Wildman–Crippen MR) is 208 cm³/mol. The second-order valence-corrected chi connectivity index (χ2v) is 12.9. The van der Waals surface area contributed by atoms with Crippen LogP contribution in [-0.2, 0) is 0 Å². The van der Waals surface area contributed by atoms with E-state index in [4.69, 9.17) is 15.0 Å². The molecule has 0 unspecified atom stereocenters. The highest BCUT2D eigenvalue weighted by Gasteiger charge is 2.36. The molecule has 0 fully saturated rings. The summed E-state index contributed by atoms with van der Waals surface area (Å²) in [6.45, 7) is 0. The Balaban J connectivity index is 1.29. The number of rotatable bonds is 3. The van der Waals surface area contributed by atoms with Gasteiger partial charge in [0.25, 0.3) is 0 Å². The minimum atomic E-state index is 0.519. The standard InChI is InChI=1S/C42H33N9/c1-46-28-16-4-10-22-34(28)49(35-23-11-5-17-29(35)46)40-43-41(50-36-24-12-6-18-30(36)47(2)31-19-7-13-25-37(31)50)45-42(44-40)51-38-26-14-8-20-32(38)48(3)33-21-9-15-27-39(33)51/h4-27H,1-3H3. The van der Waals surface area contributed by atoms with Gasteiger partial charge in [0.05, 0.1) is 68.2 Å². The Morgan fingerprint density at radius 1 is 0.255 bits per heavy atom. The summed E-state index contributed by atoms with van der Waals surface area (Å²) in [5.74, 6) is 1.56. The maximum absolute atomic E-state index is 5.40. The summed E-state index contributed by atoms with van der Waals surface area (Å²) < 4.78 is 0. The van der Waals surface area contributed by atoms with Gasteiger partial charge in [-0.25, -0.2) is 0 Å². The van der Waals surface area contributed by atoms with Crippen molar-refractivity contribution in [3.8, 4) is 0 Å². The SMILES string of the molecule is CN1c2ccccc2N(c2nc(N3c4ccccc4N(C)c4ccccc43)nc(N3c4ccccc4N(C)c4ccccc43)n2)c2ccccc21. The van der Waals surface area contributed by atoms with Gasteiger partial charge in [-0.2, -0.15) is 15.0 Å². The molecule has 0 atom stereocenters. The van der Waals surface area contributed by atoms with Gasteiger partial charge in [0.2, 0.25) is 17.8 Å². The summed E-state index contributed by atoms with van der Waals surface area (Å²) in [5, 5.41) is 0. The van der Waals surface area contributed by atoms with E-state index in [1.54, 1.807) is 0 Å². The lowest BCUT2D eigenvalue weighted by Gasteiger charge is -2.40. The van der Waals surface area contributed by atoms with E-state index >= 15 is 0 Å². The van der Waals surface area contributed by atoms with E-state index in [9.17, 15) is 0 Å². The Morgan fingerprint density at radius 3 is 0.588 bits per heavy atom. The molecule has 10 rings (SSSR count). The number of hydrogen-bond acceptors (Lipinski definition) is 9. The van der Waals surface area contributed by atoms with Crippen molar-refractivity contribution in [3.05, 3.63) is 146 Å². The second-order valence-electron chi connectivity index (χ2n) is 12.9. The molecule has 0 spiro atoms. The van der Waals surface area contributed by atoms with Crippen LogP contribution in [0.5, 0.6) is 0 Å². The third-order valence-electron chi connectivity index (χ3n) is 10.1. The van der Waals surface area contributed by atoms with Crippen molar-refractivity contribution in [1.82, 2.24) is 15.0 Å². The molecule has 3 aliphatic rings. The lowest BCUT2D eigenvalue weighted by Crippen LogP contribution is -2.30. The zero-order valence-corrected chi connectivity index (χ0v) is 28.4. The van der Waals surface area contributed by atoms with Gasteiger partial charge in [0.1, 0.15) is 0 Å². The highest BCUT2D eigenvalue weighted by molar-refractivity contribution is 6.00. The summed E-state index contributed by atoms with van der Waals surface area (Å²) in [7, 11) is 6.32. The molecular weight excluding hydrogens is 631 g/mol. The van der Waals surface area contributed by atoms with Crippen LogP contribution in [-0.4, -0.2) is 36.1 Å². The number of nitrogens with zero attached hydrogens (tertiary/aromatic N) is 9. The topological polar surface area (TPSA) is 58.1 Å². The first kappa shape index (κ1) is 29.1. The van der Waals surface area contributed by atoms with Crippen molar-refractivity contribution in [2.45, 2.75) is 0 Å². The molecule has 9 heteroatoms. The Bertz CT molecular complexity index is 2070. The number of aromatic nitrogens is 3. The summed E-state index contributed by atoms with van der Waals surface area (Å²) in [5.41, 5.74) is 12.3. The lowest BCUT2D eigenvalue weighted by molar-refractivity contribution is 0.945. The molecule has 6 aromatic carbocycles. The van der Waals surface area contributed by atoms with Crippen LogP contribution in [0.1, 0.15) is 0 Å². The molecule has 7 aromatic rings. The zero-order valence-electron chi connectivity index (χ0n) is 28.4. The number of benzene rings is 6. The smallest absolute Gasteiger partial charge is 0.241 e. The zero-order chi connectivity index (χ0) is 34.2. The van der Waals surface area contributed by atoms with E-state index < -0.39 is 0 Å². The van der Waals surface area contributed by atoms with Gasteiger partial charge in [0, 0.05) is 21.1 Å². The third kappa shape index (κ3) is 4.24. The van der Waals surface area contributed by atoms with E-state index in [0.717, 1.165) is 68.2 Å². The van der Waals surface area contributed by atoms with Gasteiger partial charge in [-0.1, -0.05) is 72.8 Å². The van der Waals surface area contributed by atoms with Crippen LogP contribution >= 0.6 is 0 Å². The predicted octanol–water partition coefficient (Wildman–Crippen LogP) is 10.5. The van der Waals surface area contributed by atoms with Gasteiger partial charge < -0.3 is 14.7 Å². The van der Waals surface area contributed by atoms with E-state index in [0.29, 0.717) is 17.8 Å². The van der Waals surface area contributed by atoms with Crippen LogP contribution in [0.4, 0.5) is 86.1 Å². The van der Waals surface area contributed by atoms with Crippen LogP contribution in [0.15, 0.2) is 146 Å². The van der Waals surface area contributed by atoms with Gasteiger partial charge in [-0.05, 0) is 72.8 Å². The first-order valence-corrected chi connectivity index (χ1v) is 17.0. The summed E-state index contributed by atoms with van der Waals surface area (Å²) in [4.78, 5) is 29.4. The maximum Gasteiger partial charge on any atom is 0.241 e. The molecule has 1 aromatic heterocycles. The summed E-state index contributed by atoms with van der Waals surface area (Å²) in [6, 6.07) is 50.4. The Morgan fingerprint density at radius 2 is 0.412 bits per heavy atom. The average molecular weight is 664 g/mol. The van der Waals surface area contributed by atoms with E-state index in [2.05, 4.69) is 196 Å². The molecule has 0 radical (unpaired) electrons. The first-order chi connectivity index (χ1) is 25.1. The highest BCUT2D eigenvalue weighted by atomic mass is 15.4. The van der Waals surface area contributed by atoms with E-state index in [1.165, 1.54) is 0 Å². The second kappa shape index (κ2) is 11.1. The minimum Gasteiger partial charge on any atom is -0.341 e. The molecular formula is C42H33N9. The number of anilines is 15. The molecule has 0 bridgehead atoms.